The highest BCUT2D eigenvalue weighted by molar-refractivity contribution is 4.64. The van der Waals surface area contributed by atoms with Crippen molar-refractivity contribution in [2.24, 2.45) is 17.8 Å². The molecule has 0 aliphatic rings. The van der Waals surface area contributed by atoms with Crippen LogP contribution in [-0.2, 0) is 0 Å². The third-order valence-electron chi connectivity index (χ3n) is 3.48. The Bertz CT molecular complexity index is 124. The van der Waals surface area contributed by atoms with E-state index in [4.69, 9.17) is 0 Å². The molecule has 0 N–H and O–H groups in total. The summed E-state index contributed by atoms with van der Waals surface area (Å²) in [6.07, 6.45) is 10.00. The maximum atomic E-state index is 2.39. The number of hydrogen-bond acceptors (Lipinski definition) is 0. The van der Waals surface area contributed by atoms with Gasteiger partial charge in [-0.05, 0) is 17.8 Å². The molecule has 92 valence electrons. The number of rotatable bonds is 9. The Morgan fingerprint density at radius 2 is 1.33 bits per heavy atom. The summed E-state index contributed by atoms with van der Waals surface area (Å²) in [6.45, 7) is 11.8. The first-order valence-electron chi connectivity index (χ1n) is 7.07. The molecule has 0 nitrogen and oxygen atoms in total. The minimum Gasteiger partial charge on any atom is -0.0654 e. The maximum absolute atomic E-state index is 2.39. The second-order valence-electron chi connectivity index (χ2n) is 5.82. The zero-order chi connectivity index (χ0) is 11.7. The second-order valence-corrected chi connectivity index (χ2v) is 5.82. The second kappa shape index (κ2) is 9.24. The van der Waals surface area contributed by atoms with Gasteiger partial charge in [0, 0.05) is 0 Å². The van der Waals surface area contributed by atoms with Gasteiger partial charge in [-0.1, -0.05) is 79.6 Å². The first-order valence-corrected chi connectivity index (χ1v) is 7.07. The van der Waals surface area contributed by atoms with Crippen molar-refractivity contribution in [2.75, 3.05) is 0 Å². The lowest BCUT2D eigenvalue weighted by molar-refractivity contribution is 0.309. The van der Waals surface area contributed by atoms with E-state index in [1.54, 1.807) is 0 Å². The summed E-state index contributed by atoms with van der Waals surface area (Å²) in [5, 5.41) is 0. The molecule has 0 amide bonds. The molecule has 0 saturated carbocycles. The molecule has 0 aromatic rings. The maximum Gasteiger partial charge on any atom is -0.0391 e. The molecule has 0 heterocycles. The van der Waals surface area contributed by atoms with Gasteiger partial charge in [0.1, 0.15) is 0 Å². The van der Waals surface area contributed by atoms with E-state index in [0.717, 1.165) is 17.8 Å². The molecule has 0 aromatic heterocycles. The summed E-state index contributed by atoms with van der Waals surface area (Å²) >= 11 is 0. The Hall–Kier alpha value is 0. The van der Waals surface area contributed by atoms with Gasteiger partial charge in [0.2, 0.25) is 0 Å². The number of unbranched alkanes of at least 4 members (excludes halogenated alkanes) is 2. The van der Waals surface area contributed by atoms with E-state index in [1.807, 2.05) is 0 Å². The van der Waals surface area contributed by atoms with E-state index in [-0.39, 0.29) is 0 Å². The van der Waals surface area contributed by atoms with Crippen molar-refractivity contribution in [3.05, 3.63) is 0 Å². The molecule has 0 fully saturated rings. The summed E-state index contributed by atoms with van der Waals surface area (Å²) in [7, 11) is 0. The lowest BCUT2D eigenvalue weighted by Crippen LogP contribution is -2.09. The van der Waals surface area contributed by atoms with Crippen molar-refractivity contribution in [2.45, 2.75) is 79.6 Å². The summed E-state index contributed by atoms with van der Waals surface area (Å²) in [6, 6.07) is 0. The van der Waals surface area contributed by atoms with Crippen LogP contribution in [0.1, 0.15) is 79.6 Å². The Labute approximate surface area is 97.8 Å². The fourth-order valence-corrected chi connectivity index (χ4v) is 2.26. The zero-order valence-electron chi connectivity index (χ0n) is 11.7. The summed E-state index contributed by atoms with van der Waals surface area (Å²) < 4.78 is 0. The first-order chi connectivity index (χ1) is 7.07. The van der Waals surface area contributed by atoms with Crippen LogP contribution in [0.25, 0.3) is 0 Å². The molecule has 0 rings (SSSR count). The van der Waals surface area contributed by atoms with Gasteiger partial charge in [-0.2, -0.15) is 0 Å². The minimum absolute atomic E-state index is 0.883. The van der Waals surface area contributed by atoms with Crippen molar-refractivity contribution >= 4 is 0 Å². The third kappa shape index (κ3) is 8.96. The SMILES string of the molecule is CCCCCC(CCCC(C)C)C(C)C. The molecule has 0 saturated heterocycles. The largest absolute Gasteiger partial charge is 0.0654 e. The quantitative estimate of drug-likeness (QED) is 0.432. The van der Waals surface area contributed by atoms with E-state index in [9.17, 15) is 0 Å². The highest BCUT2D eigenvalue weighted by atomic mass is 14.2. The summed E-state index contributed by atoms with van der Waals surface area (Å²) in [5.41, 5.74) is 0. The fourth-order valence-electron chi connectivity index (χ4n) is 2.26. The zero-order valence-corrected chi connectivity index (χ0v) is 11.7. The Kier molecular flexibility index (Phi) is 9.24. The molecule has 0 aliphatic carbocycles. The Morgan fingerprint density at radius 3 is 1.80 bits per heavy atom. The minimum atomic E-state index is 0.883. The van der Waals surface area contributed by atoms with Gasteiger partial charge in [-0.15, -0.1) is 0 Å². The third-order valence-corrected chi connectivity index (χ3v) is 3.48. The fraction of sp³-hybridized carbons (Fsp3) is 1.00. The van der Waals surface area contributed by atoms with E-state index < -0.39 is 0 Å². The number of hydrogen-bond donors (Lipinski definition) is 0. The van der Waals surface area contributed by atoms with Crippen LogP contribution in [0.4, 0.5) is 0 Å². The molecular weight excluding hydrogens is 180 g/mol. The average molecular weight is 212 g/mol. The van der Waals surface area contributed by atoms with Crippen LogP contribution in [0.15, 0.2) is 0 Å². The Balaban J connectivity index is 3.64. The van der Waals surface area contributed by atoms with Gasteiger partial charge in [-0.25, -0.2) is 0 Å². The van der Waals surface area contributed by atoms with Crippen LogP contribution < -0.4 is 0 Å². The molecule has 0 heteroatoms. The van der Waals surface area contributed by atoms with E-state index in [0.29, 0.717) is 0 Å². The van der Waals surface area contributed by atoms with Crippen LogP contribution in [0.3, 0.4) is 0 Å². The molecule has 1 unspecified atom stereocenters. The van der Waals surface area contributed by atoms with Crippen LogP contribution in [0.2, 0.25) is 0 Å². The van der Waals surface area contributed by atoms with E-state index in [2.05, 4.69) is 34.6 Å². The van der Waals surface area contributed by atoms with Crippen LogP contribution in [-0.4, -0.2) is 0 Å². The molecule has 0 radical (unpaired) electrons. The molecule has 0 spiro atoms. The summed E-state index contributed by atoms with van der Waals surface area (Å²) in [4.78, 5) is 0. The molecule has 0 bridgehead atoms. The normalized spacial score (nSPS) is 13.8. The molecule has 15 heavy (non-hydrogen) atoms. The van der Waals surface area contributed by atoms with Crippen LogP contribution in [0, 0.1) is 17.8 Å². The first kappa shape index (κ1) is 15.0. The van der Waals surface area contributed by atoms with Gasteiger partial charge in [0.15, 0.2) is 0 Å². The molecule has 0 aromatic carbocycles. The van der Waals surface area contributed by atoms with E-state index >= 15 is 0 Å². The highest BCUT2D eigenvalue weighted by Crippen LogP contribution is 2.25. The van der Waals surface area contributed by atoms with Crippen LogP contribution >= 0.6 is 0 Å². The lowest BCUT2D eigenvalue weighted by atomic mass is 9.85. The van der Waals surface area contributed by atoms with Crippen molar-refractivity contribution < 1.29 is 0 Å². The van der Waals surface area contributed by atoms with Gasteiger partial charge in [-0.3, -0.25) is 0 Å². The molecular formula is C15H32. The predicted molar refractivity (Wildman–Crippen MR) is 71.2 cm³/mol. The van der Waals surface area contributed by atoms with Crippen molar-refractivity contribution in [3.8, 4) is 0 Å². The monoisotopic (exact) mass is 212 g/mol. The highest BCUT2D eigenvalue weighted by Gasteiger charge is 2.12. The van der Waals surface area contributed by atoms with Gasteiger partial charge in [0.05, 0.1) is 0 Å². The van der Waals surface area contributed by atoms with E-state index in [1.165, 1.54) is 44.9 Å². The standard InChI is InChI=1S/C15H32/c1-6-7-8-11-15(14(4)5)12-9-10-13(2)3/h13-15H,6-12H2,1-5H3. The Morgan fingerprint density at radius 1 is 0.733 bits per heavy atom. The molecule has 1 atom stereocenters. The van der Waals surface area contributed by atoms with Gasteiger partial charge < -0.3 is 0 Å². The van der Waals surface area contributed by atoms with Crippen LogP contribution in [0.5, 0.6) is 0 Å². The topological polar surface area (TPSA) is 0 Å². The van der Waals surface area contributed by atoms with Crippen molar-refractivity contribution in [1.82, 2.24) is 0 Å². The average Bonchev–Trinajstić information content (AvgIpc) is 2.15. The van der Waals surface area contributed by atoms with Crippen molar-refractivity contribution in [1.29, 1.82) is 0 Å². The smallest absolute Gasteiger partial charge is 0.0391 e. The lowest BCUT2D eigenvalue weighted by Gasteiger charge is -2.21. The van der Waals surface area contributed by atoms with Gasteiger partial charge in [0.25, 0.3) is 0 Å². The molecule has 0 aliphatic heterocycles. The van der Waals surface area contributed by atoms with Gasteiger partial charge >= 0.3 is 0 Å². The van der Waals surface area contributed by atoms with Crippen molar-refractivity contribution in [3.63, 3.8) is 0 Å². The summed E-state index contributed by atoms with van der Waals surface area (Å²) in [5.74, 6) is 2.75. The predicted octanol–water partition coefficient (Wildman–Crippen LogP) is 5.67.